The Labute approximate surface area is 85.7 Å². The molecule has 0 unspecified atom stereocenters. The molecule has 82 valence electrons. The van der Waals surface area contributed by atoms with Gasteiger partial charge in [-0.25, -0.2) is 0 Å². The highest BCUT2D eigenvalue weighted by Gasteiger charge is 2.29. The Morgan fingerprint density at radius 2 is 2.21 bits per heavy atom. The molecule has 0 heterocycles. The Balaban J connectivity index is 2.22. The predicted molar refractivity (Wildman–Crippen MR) is 55.9 cm³/mol. The van der Waals surface area contributed by atoms with E-state index in [0.29, 0.717) is 12.3 Å². The van der Waals surface area contributed by atoms with Crippen molar-refractivity contribution in [1.82, 2.24) is 0 Å². The lowest BCUT2D eigenvalue weighted by Gasteiger charge is -2.17. The van der Waals surface area contributed by atoms with Crippen molar-refractivity contribution >= 4 is 5.78 Å². The summed E-state index contributed by atoms with van der Waals surface area (Å²) >= 11 is 0. The van der Waals surface area contributed by atoms with Gasteiger partial charge in [0.15, 0.2) is 5.78 Å². The lowest BCUT2D eigenvalue weighted by molar-refractivity contribution is -0.128. The van der Waals surface area contributed by atoms with Crippen LogP contribution in [0.25, 0.3) is 0 Å². The summed E-state index contributed by atoms with van der Waals surface area (Å²) in [5.41, 5.74) is 5.73. The maximum absolute atomic E-state index is 11.5. The first-order chi connectivity index (χ1) is 6.65. The molecule has 3 heteroatoms. The van der Waals surface area contributed by atoms with Crippen molar-refractivity contribution in [1.29, 1.82) is 0 Å². The number of unbranched alkanes of at least 4 members (excludes halogenated alkanes) is 1. The van der Waals surface area contributed by atoms with Crippen LogP contribution in [0.2, 0.25) is 0 Å². The van der Waals surface area contributed by atoms with Crippen LogP contribution in [0.4, 0.5) is 0 Å². The molecule has 0 aromatic carbocycles. The Bertz CT molecular complexity index is 190. The van der Waals surface area contributed by atoms with Gasteiger partial charge in [-0.15, -0.1) is 0 Å². The van der Waals surface area contributed by atoms with Crippen LogP contribution in [0.1, 0.15) is 45.4 Å². The number of rotatable bonds is 7. The first kappa shape index (κ1) is 11.7. The summed E-state index contributed by atoms with van der Waals surface area (Å²) < 4.78 is 0. The molecule has 1 rings (SSSR count). The van der Waals surface area contributed by atoms with Gasteiger partial charge in [0, 0.05) is 12.5 Å². The Kier molecular flexibility index (Phi) is 4.55. The summed E-state index contributed by atoms with van der Waals surface area (Å²) in [6.45, 7) is 2.07. The number of aliphatic hydroxyl groups is 1. The fraction of sp³-hybridized carbons (Fsp3) is 0.909. The van der Waals surface area contributed by atoms with Crippen LogP contribution < -0.4 is 5.73 Å². The highest BCUT2D eigenvalue weighted by Crippen LogP contribution is 2.33. The van der Waals surface area contributed by atoms with E-state index in [1.54, 1.807) is 0 Å². The average Bonchev–Trinajstić information content (AvgIpc) is 2.96. The van der Waals surface area contributed by atoms with E-state index in [4.69, 9.17) is 5.73 Å². The van der Waals surface area contributed by atoms with Crippen LogP contribution in [0.3, 0.4) is 0 Å². The SMILES string of the molecule is CCCC[C@H](N)[C@H](O)C(=O)CC1CC1. The first-order valence-corrected chi connectivity index (χ1v) is 5.61. The van der Waals surface area contributed by atoms with E-state index in [0.717, 1.165) is 32.1 Å². The number of ketones is 1. The highest BCUT2D eigenvalue weighted by atomic mass is 16.3. The Morgan fingerprint density at radius 3 is 2.71 bits per heavy atom. The van der Waals surface area contributed by atoms with Crippen LogP contribution in [-0.4, -0.2) is 23.0 Å². The van der Waals surface area contributed by atoms with E-state index >= 15 is 0 Å². The van der Waals surface area contributed by atoms with Crippen LogP contribution >= 0.6 is 0 Å². The van der Waals surface area contributed by atoms with Gasteiger partial charge < -0.3 is 10.8 Å². The number of carbonyl (C=O) groups excluding carboxylic acids is 1. The minimum atomic E-state index is -0.929. The van der Waals surface area contributed by atoms with Crippen LogP contribution in [0, 0.1) is 5.92 Å². The molecule has 1 fully saturated rings. The second kappa shape index (κ2) is 5.47. The Hall–Kier alpha value is -0.410. The van der Waals surface area contributed by atoms with Gasteiger partial charge in [0.1, 0.15) is 6.10 Å². The molecular weight excluding hydrogens is 178 g/mol. The third kappa shape index (κ3) is 3.76. The topological polar surface area (TPSA) is 63.3 Å². The maximum atomic E-state index is 11.5. The van der Waals surface area contributed by atoms with Crippen molar-refractivity contribution in [2.24, 2.45) is 11.7 Å². The van der Waals surface area contributed by atoms with Crippen molar-refractivity contribution in [2.45, 2.75) is 57.6 Å². The Morgan fingerprint density at radius 1 is 1.57 bits per heavy atom. The number of nitrogens with two attached hydrogens (primary N) is 1. The third-order valence-electron chi connectivity index (χ3n) is 2.81. The number of carbonyl (C=O) groups is 1. The van der Waals surface area contributed by atoms with Gasteiger partial charge in [0.05, 0.1) is 0 Å². The minimum Gasteiger partial charge on any atom is -0.384 e. The standard InChI is InChI=1S/C11H21NO2/c1-2-3-4-9(12)11(14)10(13)7-8-5-6-8/h8-9,11,14H,2-7,12H2,1H3/t9-,11-/m0/s1. The molecule has 1 aliphatic carbocycles. The largest absolute Gasteiger partial charge is 0.384 e. The quantitative estimate of drug-likeness (QED) is 0.648. The van der Waals surface area contributed by atoms with Gasteiger partial charge >= 0.3 is 0 Å². The molecule has 2 atom stereocenters. The number of Topliss-reactive ketones (excluding diaryl/α,β-unsaturated/α-hetero) is 1. The van der Waals surface area contributed by atoms with E-state index in [1.165, 1.54) is 0 Å². The summed E-state index contributed by atoms with van der Waals surface area (Å²) in [4.78, 5) is 11.5. The highest BCUT2D eigenvalue weighted by molar-refractivity contribution is 5.84. The molecular formula is C11H21NO2. The van der Waals surface area contributed by atoms with Gasteiger partial charge in [-0.1, -0.05) is 19.8 Å². The van der Waals surface area contributed by atoms with E-state index in [9.17, 15) is 9.90 Å². The molecule has 14 heavy (non-hydrogen) atoms. The molecule has 0 amide bonds. The summed E-state index contributed by atoms with van der Waals surface area (Å²) in [5.74, 6) is 0.478. The zero-order valence-electron chi connectivity index (χ0n) is 8.91. The van der Waals surface area contributed by atoms with Gasteiger partial charge in [-0.2, -0.15) is 0 Å². The van der Waals surface area contributed by atoms with Crippen molar-refractivity contribution in [2.75, 3.05) is 0 Å². The molecule has 1 saturated carbocycles. The summed E-state index contributed by atoms with van der Waals surface area (Å²) in [5, 5.41) is 9.61. The van der Waals surface area contributed by atoms with E-state index in [2.05, 4.69) is 6.92 Å². The number of aliphatic hydroxyl groups excluding tert-OH is 1. The lowest BCUT2D eigenvalue weighted by Crippen LogP contribution is -2.40. The third-order valence-corrected chi connectivity index (χ3v) is 2.81. The zero-order chi connectivity index (χ0) is 10.6. The van der Waals surface area contributed by atoms with Gasteiger partial charge in [0.25, 0.3) is 0 Å². The summed E-state index contributed by atoms with van der Waals surface area (Å²) in [7, 11) is 0. The fourth-order valence-electron chi connectivity index (χ4n) is 1.56. The van der Waals surface area contributed by atoms with Crippen molar-refractivity contribution in [3.8, 4) is 0 Å². The zero-order valence-corrected chi connectivity index (χ0v) is 8.91. The molecule has 3 N–H and O–H groups in total. The first-order valence-electron chi connectivity index (χ1n) is 5.61. The molecule has 1 aliphatic rings. The maximum Gasteiger partial charge on any atom is 0.163 e. The van der Waals surface area contributed by atoms with E-state index in [-0.39, 0.29) is 11.8 Å². The van der Waals surface area contributed by atoms with Crippen LogP contribution in [0.5, 0.6) is 0 Å². The van der Waals surface area contributed by atoms with Crippen molar-refractivity contribution in [3.63, 3.8) is 0 Å². The number of hydrogen-bond acceptors (Lipinski definition) is 3. The summed E-state index contributed by atoms with van der Waals surface area (Å²) in [6.07, 6.45) is 4.66. The normalized spacial score (nSPS) is 20.5. The fourth-order valence-corrected chi connectivity index (χ4v) is 1.56. The van der Waals surface area contributed by atoms with Crippen LogP contribution in [-0.2, 0) is 4.79 Å². The minimum absolute atomic E-state index is 0.0592. The molecule has 0 aliphatic heterocycles. The second-order valence-corrected chi connectivity index (χ2v) is 4.36. The second-order valence-electron chi connectivity index (χ2n) is 4.36. The molecule has 3 nitrogen and oxygen atoms in total. The number of hydrogen-bond donors (Lipinski definition) is 2. The van der Waals surface area contributed by atoms with Gasteiger partial charge in [-0.05, 0) is 25.2 Å². The molecule has 0 spiro atoms. The van der Waals surface area contributed by atoms with Crippen molar-refractivity contribution in [3.05, 3.63) is 0 Å². The lowest BCUT2D eigenvalue weighted by atomic mass is 9.99. The van der Waals surface area contributed by atoms with Crippen molar-refractivity contribution < 1.29 is 9.90 Å². The predicted octanol–water partition coefficient (Wildman–Crippen LogP) is 1.23. The molecule has 0 aromatic rings. The smallest absolute Gasteiger partial charge is 0.163 e. The monoisotopic (exact) mass is 199 g/mol. The average molecular weight is 199 g/mol. The molecule has 0 bridgehead atoms. The van der Waals surface area contributed by atoms with Gasteiger partial charge in [-0.3, -0.25) is 4.79 Å². The van der Waals surface area contributed by atoms with Crippen LogP contribution in [0.15, 0.2) is 0 Å². The molecule has 0 radical (unpaired) electrons. The molecule has 0 aromatic heterocycles. The summed E-state index contributed by atoms with van der Waals surface area (Å²) in [6, 6.07) is -0.360. The van der Waals surface area contributed by atoms with Gasteiger partial charge in [0.2, 0.25) is 0 Å². The van der Waals surface area contributed by atoms with E-state index in [1.807, 2.05) is 0 Å². The molecule has 0 saturated heterocycles. The van der Waals surface area contributed by atoms with E-state index < -0.39 is 6.10 Å².